The van der Waals surface area contributed by atoms with Crippen LogP contribution < -0.4 is 10.4 Å². The maximum atomic E-state index is 7.25. The van der Waals surface area contributed by atoms with E-state index in [9.17, 15) is 0 Å². The largest absolute Gasteiger partial charge is 0.478 e. The van der Waals surface area contributed by atoms with Crippen molar-refractivity contribution in [3.8, 4) is 0 Å². The van der Waals surface area contributed by atoms with Gasteiger partial charge in [-0.2, -0.15) is 0 Å². The average molecular weight is 557 g/mol. The van der Waals surface area contributed by atoms with Gasteiger partial charge in [-0.3, -0.25) is 0 Å². The molecule has 0 fully saturated rings. The third-order valence-electron chi connectivity index (χ3n) is 7.17. The van der Waals surface area contributed by atoms with E-state index in [1.54, 1.807) is 0 Å². The van der Waals surface area contributed by atoms with Gasteiger partial charge in [-0.05, 0) is 48.2 Å². The Morgan fingerprint density at radius 2 is 1.56 bits per heavy atom. The Bertz CT molecular complexity index is 1320. The van der Waals surface area contributed by atoms with Crippen LogP contribution in [0, 0.1) is 5.41 Å². The second kappa shape index (κ2) is 11.7. The number of benzene rings is 3. The predicted octanol–water partition coefficient (Wildman–Crippen LogP) is 6.59. The SMILES string of the molecule is CC1(C)COC(CC(CC(O[SiH](c2ccccc2)c2ccccc2)C(C)(C)C)Sc2cc3ccccc3[nH]2)=N1. The minimum atomic E-state index is -1.91. The molecule has 204 valence electrons. The molecule has 1 N–H and O–H groups in total. The Hall–Kier alpha value is -2.80. The van der Waals surface area contributed by atoms with E-state index in [0.29, 0.717) is 6.61 Å². The van der Waals surface area contributed by atoms with Gasteiger partial charge in [0.2, 0.25) is 9.04 Å². The van der Waals surface area contributed by atoms with Crippen molar-refractivity contribution in [2.45, 2.75) is 69.4 Å². The molecule has 3 aromatic carbocycles. The lowest BCUT2D eigenvalue weighted by Gasteiger charge is -2.36. The quantitative estimate of drug-likeness (QED) is 0.177. The summed E-state index contributed by atoms with van der Waals surface area (Å²) in [5.41, 5.74) is 0.967. The van der Waals surface area contributed by atoms with E-state index in [2.05, 4.69) is 131 Å². The van der Waals surface area contributed by atoms with Crippen molar-refractivity contribution in [2.75, 3.05) is 6.61 Å². The summed E-state index contributed by atoms with van der Waals surface area (Å²) in [6.07, 6.45) is 1.74. The third-order valence-corrected chi connectivity index (χ3v) is 10.9. The minimum Gasteiger partial charge on any atom is -0.478 e. The fraction of sp³-hybridized carbons (Fsp3) is 0.364. The summed E-state index contributed by atoms with van der Waals surface area (Å²) >= 11 is 1.88. The molecule has 0 saturated heterocycles. The van der Waals surface area contributed by atoms with Gasteiger partial charge in [-0.15, -0.1) is 11.8 Å². The molecule has 1 aromatic heterocycles. The van der Waals surface area contributed by atoms with Crippen molar-refractivity contribution in [3.63, 3.8) is 0 Å². The lowest BCUT2D eigenvalue weighted by molar-refractivity contribution is 0.0811. The smallest absolute Gasteiger partial charge is 0.240 e. The number of hydrogen-bond donors (Lipinski definition) is 1. The molecule has 0 radical (unpaired) electrons. The lowest BCUT2D eigenvalue weighted by Crippen LogP contribution is -2.50. The van der Waals surface area contributed by atoms with Crippen LogP contribution >= 0.6 is 11.8 Å². The first-order valence-electron chi connectivity index (χ1n) is 13.9. The first kappa shape index (κ1) is 27.8. The first-order chi connectivity index (χ1) is 18.7. The molecule has 39 heavy (non-hydrogen) atoms. The number of aromatic nitrogens is 1. The zero-order valence-corrected chi connectivity index (χ0v) is 25.7. The Morgan fingerprint density at radius 1 is 0.949 bits per heavy atom. The van der Waals surface area contributed by atoms with Crippen LogP contribution in [0.4, 0.5) is 0 Å². The average Bonchev–Trinajstić information content (AvgIpc) is 3.48. The fourth-order valence-corrected chi connectivity index (χ4v) is 8.96. The monoisotopic (exact) mass is 556 g/mol. The Balaban J connectivity index is 1.44. The molecular formula is C33H40N2O2SSi. The lowest BCUT2D eigenvalue weighted by atomic mass is 9.86. The minimum absolute atomic E-state index is 0.0360. The van der Waals surface area contributed by atoms with Gasteiger partial charge in [0.15, 0.2) is 5.90 Å². The molecule has 4 aromatic rings. The molecule has 0 amide bonds. The van der Waals surface area contributed by atoms with E-state index in [1.807, 2.05) is 11.8 Å². The topological polar surface area (TPSA) is 46.6 Å². The highest BCUT2D eigenvalue weighted by Gasteiger charge is 2.35. The summed E-state index contributed by atoms with van der Waals surface area (Å²) in [6, 6.07) is 32.3. The van der Waals surface area contributed by atoms with E-state index in [4.69, 9.17) is 14.2 Å². The number of rotatable bonds is 10. The number of aromatic amines is 1. The maximum absolute atomic E-state index is 7.25. The van der Waals surface area contributed by atoms with E-state index in [1.165, 1.54) is 26.3 Å². The van der Waals surface area contributed by atoms with Crippen LogP contribution in [0.2, 0.25) is 0 Å². The molecule has 6 heteroatoms. The van der Waals surface area contributed by atoms with Crippen molar-refractivity contribution in [1.82, 2.24) is 4.98 Å². The standard InChI is InChI=1S/C33H40N2O2SSi/c1-32(2,3)29(37-39(26-15-8-6-9-16-26)27-17-10-7-11-18-27)21-25(22-30-35-33(4,5)23-36-30)38-31-20-24-14-12-13-19-28(24)34-31/h6-20,25,29,34,39H,21-23H2,1-5H3. The van der Waals surface area contributed by atoms with Crippen molar-refractivity contribution < 1.29 is 9.16 Å². The zero-order chi connectivity index (χ0) is 27.5. The zero-order valence-electron chi connectivity index (χ0n) is 23.7. The summed E-state index contributed by atoms with van der Waals surface area (Å²) in [5, 5.41) is 5.27. The second-order valence-electron chi connectivity index (χ2n) is 12.2. The van der Waals surface area contributed by atoms with Crippen LogP contribution in [0.25, 0.3) is 10.9 Å². The van der Waals surface area contributed by atoms with E-state index >= 15 is 0 Å². The van der Waals surface area contributed by atoms with E-state index in [-0.39, 0.29) is 22.3 Å². The first-order valence-corrected chi connectivity index (χ1v) is 16.4. The molecule has 0 saturated carbocycles. The van der Waals surface area contributed by atoms with Crippen LogP contribution in [0.1, 0.15) is 47.5 Å². The van der Waals surface area contributed by atoms with Gasteiger partial charge < -0.3 is 14.1 Å². The van der Waals surface area contributed by atoms with Crippen molar-refractivity contribution in [2.24, 2.45) is 10.4 Å². The number of nitrogens with one attached hydrogen (secondary N) is 1. The van der Waals surface area contributed by atoms with Gasteiger partial charge in [-0.25, -0.2) is 4.99 Å². The Morgan fingerprint density at radius 3 is 2.13 bits per heavy atom. The van der Waals surface area contributed by atoms with Gasteiger partial charge in [0, 0.05) is 22.6 Å². The summed E-state index contributed by atoms with van der Waals surface area (Å²) in [7, 11) is -1.91. The van der Waals surface area contributed by atoms with Crippen LogP contribution in [-0.4, -0.2) is 43.4 Å². The normalized spacial score (nSPS) is 16.7. The molecule has 4 nitrogen and oxygen atoms in total. The fourth-order valence-electron chi connectivity index (χ4n) is 5.05. The second-order valence-corrected chi connectivity index (χ2v) is 15.9. The molecular weight excluding hydrogens is 517 g/mol. The predicted molar refractivity (Wildman–Crippen MR) is 168 cm³/mol. The van der Waals surface area contributed by atoms with Crippen LogP contribution in [-0.2, 0) is 9.16 Å². The van der Waals surface area contributed by atoms with Crippen LogP contribution in [0.5, 0.6) is 0 Å². The van der Waals surface area contributed by atoms with Gasteiger partial charge >= 0.3 is 0 Å². The van der Waals surface area contributed by atoms with Crippen LogP contribution in [0.15, 0.2) is 101 Å². The van der Waals surface area contributed by atoms with E-state index < -0.39 is 9.04 Å². The van der Waals surface area contributed by atoms with Gasteiger partial charge in [0.25, 0.3) is 0 Å². The summed E-state index contributed by atoms with van der Waals surface area (Å²) < 4.78 is 13.3. The van der Waals surface area contributed by atoms with Crippen LogP contribution in [0.3, 0.4) is 0 Å². The Labute approximate surface area is 239 Å². The van der Waals surface area contributed by atoms with Gasteiger partial charge in [0.1, 0.15) is 6.61 Å². The number of H-pyrrole nitrogens is 1. The molecule has 5 rings (SSSR count). The van der Waals surface area contributed by atoms with Crippen molar-refractivity contribution in [1.29, 1.82) is 0 Å². The number of fused-ring (bicyclic) bond motifs is 1. The summed E-state index contributed by atoms with van der Waals surface area (Å²) in [6.45, 7) is 11.8. The number of ether oxygens (including phenoxy) is 1. The number of thioether (sulfide) groups is 1. The molecule has 2 heterocycles. The maximum Gasteiger partial charge on any atom is 0.240 e. The molecule has 1 aliphatic heterocycles. The highest BCUT2D eigenvalue weighted by Crippen LogP contribution is 2.36. The molecule has 1 aliphatic rings. The number of aliphatic imine (C=N–C) groups is 1. The summed E-state index contributed by atoms with van der Waals surface area (Å²) in [5.74, 6) is 0.862. The summed E-state index contributed by atoms with van der Waals surface area (Å²) in [4.78, 5) is 8.53. The molecule has 2 atom stereocenters. The number of hydrogen-bond acceptors (Lipinski definition) is 4. The number of para-hydroxylation sites is 1. The Kier molecular flexibility index (Phi) is 8.36. The highest BCUT2D eigenvalue weighted by atomic mass is 32.2. The number of nitrogens with zero attached hydrogens (tertiary/aromatic N) is 1. The molecule has 2 unspecified atom stereocenters. The van der Waals surface area contributed by atoms with E-state index in [0.717, 1.165) is 18.7 Å². The molecule has 0 bridgehead atoms. The highest BCUT2D eigenvalue weighted by molar-refractivity contribution is 7.99. The molecule has 0 aliphatic carbocycles. The van der Waals surface area contributed by atoms with Crippen molar-refractivity contribution in [3.05, 3.63) is 91.0 Å². The van der Waals surface area contributed by atoms with Gasteiger partial charge in [0.05, 0.1) is 16.7 Å². The third kappa shape index (κ3) is 7.24. The van der Waals surface area contributed by atoms with Crippen molar-refractivity contribution >= 4 is 48.0 Å². The molecule has 0 spiro atoms. The van der Waals surface area contributed by atoms with Gasteiger partial charge in [-0.1, -0.05) is 99.6 Å².